The average molecular weight is 352 g/mol. The zero-order valence-electron chi connectivity index (χ0n) is 10.3. The van der Waals surface area contributed by atoms with Crippen LogP contribution < -0.4 is 4.74 Å². The Morgan fingerprint density at radius 2 is 2.10 bits per heavy atom. The van der Waals surface area contributed by atoms with Gasteiger partial charge in [-0.3, -0.25) is 0 Å². The molecule has 0 heterocycles. The van der Waals surface area contributed by atoms with Crippen molar-refractivity contribution in [2.45, 2.75) is 18.6 Å². The van der Waals surface area contributed by atoms with E-state index < -0.39 is 23.6 Å². The normalized spacial score (nSPS) is 10.8. The van der Waals surface area contributed by atoms with E-state index in [-0.39, 0.29) is 23.1 Å². The summed E-state index contributed by atoms with van der Waals surface area (Å²) in [5.41, 5.74) is -0.133. The van der Waals surface area contributed by atoms with Gasteiger partial charge in [-0.2, -0.15) is 5.26 Å². The number of benzene rings is 1. The minimum Gasteiger partial charge on any atom is -0.462 e. The van der Waals surface area contributed by atoms with Gasteiger partial charge >= 0.3 is 12.3 Å². The van der Waals surface area contributed by atoms with E-state index in [0.717, 1.165) is 12.1 Å². The van der Waals surface area contributed by atoms with Crippen molar-refractivity contribution < 1.29 is 27.4 Å². The fourth-order valence-corrected chi connectivity index (χ4v) is 1.89. The molecule has 0 atom stereocenters. The van der Waals surface area contributed by atoms with Crippen LogP contribution in [0, 0.1) is 11.3 Å². The van der Waals surface area contributed by atoms with E-state index in [1.807, 2.05) is 0 Å². The number of nitriles is 1. The lowest BCUT2D eigenvalue weighted by Crippen LogP contribution is -2.18. The van der Waals surface area contributed by atoms with E-state index in [4.69, 9.17) is 10.00 Å². The number of hydrogen-bond acceptors (Lipinski definition) is 4. The van der Waals surface area contributed by atoms with Crippen molar-refractivity contribution in [3.63, 3.8) is 0 Å². The lowest BCUT2D eigenvalue weighted by atomic mass is 10.0. The SMILES string of the molecule is CCOC(=O)c1cc(C#N)c(OC(F)(F)F)cc1CBr. The minimum absolute atomic E-state index is 0.0230. The Hall–Kier alpha value is -1.75. The predicted octanol–water partition coefficient (Wildman–Crippen LogP) is 3.53. The predicted molar refractivity (Wildman–Crippen MR) is 66.4 cm³/mol. The van der Waals surface area contributed by atoms with Crippen molar-refractivity contribution in [3.05, 3.63) is 28.8 Å². The number of hydrogen-bond donors (Lipinski definition) is 0. The van der Waals surface area contributed by atoms with E-state index >= 15 is 0 Å². The van der Waals surface area contributed by atoms with Crippen molar-refractivity contribution in [2.75, 3.05) is 6.61 Å². The molecule has 1 aromatic carbocycles. The van der Waals surface area contributed by atoms with E-state index in [1.165, 1.54) is 0 Å². The first kappa shape index (κ1) is 16.3. The van der Waals surface area contributed by atoms with Crippen LogP contribution in [0.5, 0.6) is 5.75 Å². The molecule has 0 saturated heterocycles. The Bertz CT molecular complexity index is 552. The maximum atomic E-state index is 12.2. The minimum atomic E-state index is -4.92. The van der Waals surface area contributed by atoms with E-state index in [0.29, 0.717) is 0 Å². The van der Waals surface area contributed by atoms with Gasteiger partial charge in [-0.05, 0) is 24.6 Å². The molecule has 0 amide bonds. The highest BCUT2D eigenvalue weighted by Gasteiger charge is 2.33. The highest BCUT2D eigenvalue weighted by atomic mass is 79.9. The molecule has 0 aliphatic rings. The molecule has 0 aliphatic carbocycles. The highest BCUT2D eigenvalue weighted by molar-refractivity contribution is 9.08. The standard InChI is InChI=1S/C12H9BrF3NO3/c1-2-19-11(18)9-3-8(6-17)10(4-7(9)5-13)20-12(14,15)16/h3-4H,2,5H2,1H3. The van der Waals surface area contributed by atoms with Crippen molar-refractivity contribution in [3.8, 4) is 11.8 Å². The van der Waals surface area contributed by atoms with Crippen LogP contribution in [0.1, 0.15) is 28.4 Å². The number of alkyl halides is 4. The summed E-state index contributed by atoms with van der Waals surface area (Å²) in [5, 5.41) is 8.97. The molecular weight excluding hydrogens is 343 g/mol. The van der Waals surface area contributed by atoms with Crippen LogP contribution in [-0.4, -0.2) is 18.9 Å². The third kappa shape index (κ3) is 4.13. The summed E-state index contributed by atoms with van der Waals surface area (Å²) in [5.74, 6) is -1.36. The molecule has 0 aliphatic heterocycles. The van der Waals surface area contributed by atoms with Gasteiger partial charge in [0.15, 0.2) is 0 Å². The van der Waals surface area contributed by atoms with Gasteiger partial charge in [0.2, 0.25) is 0 Å². The number of nitrogens with zero attached hydrogens (tertiary/aromatic N) is 1. The second kappa shape index (κ2) is 6.61. The van der Waals surface area contributed by atoms with Gasteiger partial charge in [-0.15, -0.1) is 13.2 Å². The molecule has 0 aromatic heterocycles. The number of carbonyl (C=O) groups excluding carboxylic acids is 1. The Labute approximate surface area is 121 Å². The summed E-state index contributed by atoms with van der Waals surface area (Å²) >= 11 is 3.06. The van der Waals surface area contributed by atoms with Gasteiger partial charge in [0.25, 0.3) is 0 Å². The average Bonchev–Trinajstić information content (AvgIpc) is 2.36. The Morgan fingerprint density at radius 3 is 2.55 bits per heavy atom. The van der Waals surface area contributed by atoms with Crippen LogP contribution in [0.15, 0.2) is 12.1 Å². The fourth-order valence-electron chi connectivity index (χ4n) is 1.43. The van der Waals surface area contributed by atoms with Crippen molar-refractivity contribution >= 4 is 21.9 Å². The maximum Gasteiger partial charge on any atom is 0.573 e. The van der Waals surface area contributed by atoms with Gasteiger partial charge in [0.05, 0.1) is 17.7 Å². The van der Waals surface area contributed by atoms with E-state index in [1.54, 1.807) is 13.0 Å². The molecule has 0 N–H and O–H groups in total. The van der Waals surface area contributed by atoms with Crippen LogP contribution in [0.2, 0.25) is 0 Å². The van der Waals surface area contributed by atoms with Crippen LogP contribution >= 0.6 is 15.9 Å². The first-order valence-electron chi connectivity index (χ1n) is 5.38. The van der Waals surface area contributed by atoms with Gasteiger partial charge in [0.1, 0.15) is 11.8 Å². The lowest BCUT2D eigenvalue weighted by molar-refractivity contribution is -0.274. The zero-order chi connectivity index (χ0) is 15.3. The summed E-state index contributed by atoms with van der Waals surface area (Å²) in [4.78, 5) is 11.7. The summed E-state index contributed by atoms with van der Waals surface area (Å²) in [6.45, 7) is 1.71. The third-order valence-corrected chi connectivity index (χ3v) is 2.79. The number of esters is 1. The largest absolute Gasteiger partial charge is 0.573 e. The molecule has 1 rings (SSSR count). The topological polar surface area (TPSA) is 59.3 Å². The molecule has 0 unspecified atom stereocenters. The number of rotatable bonds is 4. The summed E-state index contributed by atoms with van der Waals surface area (Å²) in [6, 6.07) is 3.58. The molecule has 0 radical (unpaired) electrons. The molecule has 20 heavy (non-hydrogen) atoms. The number of carbonyl (C=O) groups is 1. The van der Waals surface area contributed by atoms with Crippen LogP contribution in [-0.2, 0) is 10.1 Å². The third-order valence-electron chi connectivity index (χ3n) is 2.19. The summed E-state index contributed by atoms with van der Waals surface area (Å²) < 4.78 is 45.3. The molecule has 108 valence electrons. The van der Waals surface area contributed by atoms with Crippen molar-refractivity contribution in [1.29, 1.82) is 5.26 Å². The van der Waals surface area contributed by atoms with Gasteiger partial charge < -0.3 is 9.47 Å². The Balaban J connectivity index is 3.31. The molecule has 0 saturated carbocycles. The molecular formula is C12H9BrF3NO3. The van der Waals surface area contributed by atoms with E-state index in [9.17, 15) is 18.0 Å². The monoisotopic (exact) mass is 351 g/mol. The maximum absolute atomic E-state index is 12.2. The summed E-state index contributed by atoms with van der Waals surface area (Å²) in [6.07, 6.45) is -4.92. The van der Waals surface area contributed by atoms with Gasteiger partial charge in [0, 0.05) is 5.33 Å². The first-order valence-corrected chi connectivity index (χ1v) is 6.50. The van der Waals surface area contributed by atoms with Crippen molar-refractivity contribution in [2.24, 2.45) is 0 Å². The summed E-state index contributed by atoms with van der Waals surface area (Å²) in [7, 11) is 0. The lowest BCUT2D eigenvalue weighted by Gasteiger charge is -2.13. The Morgan fingerprint density at radius 1 is 1.45 bits per heavy atom. The quantitative estimate of drug-likeness (QED) is 0.615. The second-order valence-corrected chi connectivity index (χ2v) is 4.08. The molecule has 4 nitrogen and oxygen atoms in total. The number of ether oxygens (including phenoxy) is 2. The molecule has 1 aromatic rings. The van der Waals surface area contributed by atoms with Crippen molar-refractivity contribution in [1.82, 2.24) is 0 Å². The van der Waals surface area contributed by atoms with Crippen LogP contribution in [0.3, 0.4) is 0 Å². The number of halogens is 4. The van der Waals surface area contributed by atoms with Gasteiger partial charge in [-0.1, -0.05) is 15.9 Å². The smallest absolute Gasteiger partial charge is 0.462 e. The molecule has 0 spiro atoms. The highest BCUT2D eigenvalue weighted by Crippen LogP contribution is 2.30. The second-order valence-electron chi connectivity index (χ2n) is 3.52. The Kier molecular flexibility index (Phi) is 5.39. The van der Waals surface area contributed by atoms with Crippen LogP contribution in [0.4, 0.5) is 13.2 Å². The van der Waals surface area contributed by atoms with Gasteiger partial charge in [-0.25, -0.2) is 4.79 Å². The van der Waals surface area contributed by atoms with Crippen LogP contribution in [0.25, 0.3) is 0 Å². The fraction of sp³-hybridized carbons (Fsp3) is 0.333. The van der Waals surface area contributed by atoms with E-state index in [2.05, 4.69) is 20.7 Å². The first-order chi connectivity index (χ1) is 9.32. The zero-order valence-corrected chi connectivity index (χ0v) is 11.8. The molecule has 0 bridgehead atoms. The molecule has 0 fully saturated rings. The molecule has 8 heteroatoms.